The fourth-order valence-electron chi connectivity index (χ4n) is 1.54. The molecule has 0 saturated carbocycles. The number of carboxylic acid groups (broad SMARTS) is 1. The average molecular weight is 241 g/mol. The number of hydrogen-bond acceptors (Lipinski definition) is 3. The summed E-state index contributed by atoms with van der Waals surface area (Å²) in [5, 5.41) is 13.5. The molecule has 1 amide bonds. The molecule has 0 fully saturated rings. The SMILES string of the molecule is CC(=O)NC(C(=O)O)C(C)(C)c1cccs1. The van der Waals surface area contributed by atoms with Crippen molar-refractivity contribution in [1.29, 1.82) is 0 Å². The van der Waals surface area contributed by atoms with E-state index in [9.17, 15) is 9.59 Å². The van der Waals surface area contributed by atoms with Crippen molar-refractivity contribution >= 4 is 23.2 Å². The fraction of sp³-hybridized carbons (Fsp3) is 0.455. The minimum absolute atomic E-state index is 0.336. The van der Waals surface area contributed by atoms with Crippen LogP contribution >= 0.6 is 11.3 Å². The van der Waals surface area contributed by atoms with Crippen LogP contribution in [0.3, 0.4) is 0 Å². The van der Waals surface area contributed by atoms with Gasteiger partial charge in [0.15, 0.2) is 0 Å². The Hall–Kier alpha value is -1.36. The largest absolute Gasteiger partial charge is 0.480 e. The zero-order chi connectivity index (χ0) is 12.3. The van der Waals surface area contributed by atoms with E-state index in [2.05, 4.69) is 5.32 Å². The third-order valence-electron chi connectivity index (χ3n) is 2.47. The van der Waals surface area contributed by atoms with E-state index in [4.69, 9.17) is 5.11 Å². The first-order chi connectivity index (χ1) is 7.35. The number of hydrogen-bond donors (Lipinski definition) is 2. The lowest BCUT2D eigenvalue weighted by atomic mass is 9.82. The van der Waals surface area contributed by atoms with E-state index in [0.717, 1.165) is 4.88 Å². The lowest BCUT2D eigenvalue weighted by Gasteiger charge is -2.30. The van der Waals surface area contributed by atoms with E-state index in [0.29, 0.717) is 0 Å². The summed E-state index contributed by atoms with van der Waals surface area (Å²) in [5.41, 5.74) is -0.619. The van der Waals surface area contributed by atoms with Gasteiger partial charge in [-0.2, -0.15) is 0 Å². The molecule has 4 nitrogen and oxygen atoms in total. The van der Waals surface area contributed by atoms with Crippen LogP contribution in [0.25, 0.3) is 0 Å². The molecule has 16 heavy (non-hydrogen) atoms. The second-order valence-corrected chi connectivity index (χ2v) is 5.12. The minimum atomic E-state index is -1.02. The second-order valence-electron chi connectivity index (χ2n) is 4.17. The van der Waals surface area contributed by atoms with Crippen LogP contribution in [0.5, 0.6) is 0 Å². The smallest absolute Gasteiger partial charge is 0.327 e. The number of carbonyl (C=O) groups is 2. The fourth-order valence-corrected chi connectivity index (χ4v) is 2.42. The molecule has 1 atom stereocenters. The molecule has 0 aliphatic heterocycles. The molecule has 0 aliphatic carbocycles. The number of aliphatic carboxylic acids is 1. The monoisotopic (exact) mass is 241 g/mol. The van der Waals surface area contributed by atoms with E-state index < -0.39 is 17.4 Å². The Morgan fingerprint density at radius 2 is 2.12 bits per heavy atom. The average Bonchev–Trinajstić information content (AvgIpc) is 2.66. The van der Waals surface area contributed by atoms with Crippen LogP contribution < -0.4 is 5.32 Å². The van der Waals surface area contributed by atoms with Crippen molar-refractivity contribution in [3.05, 3.63) is 22.4 Å². The summed E-state index contributed by atoms with van der Waals surface area (Å²) < 4.78 is 0. The van der Waals surface area contributed by atoms with E-state index in [1.807, 2.05) is 31.4 Å². The molecule has 1 heterocycles. The Kier molecular flexibility index (Phi) is 3.70. The predicted octanol–water partition coefficient (Wildman–Crippen LogP) is 1.61. The lowest BCUT2D eigenvalue weighted by molar-refractivity contribution is -0.143. The van der Waals surface area contributed by atoms with Gasteiger partial charge in [0, 0.05) is 17.2 Å². The van der Waals surface area contributed by atoms with Gasteiger partial charge in [0.25, 0.3) is 0 Å². The summed E-state index contributed by atoms with van der Waals surface area (Å²) in [6.07, 6.45) is 0. The number of carbonyl (C=O) groups excluding carboxylic acids is 1. The third-order valence-corrected chi connectivity index (χ3v) is 3.68. The molecule has 0 saturated heterocycles. The lowest BCUT2D eigenvalue weighted by Crippen LogP contribution is -2.51. The zero-order valence-corrected chi connectivity index (χ0v) is 10.3. The number of rotatable bonds is 4. The van der Waals surface area contributed by atoms with Gasteiger partial charge in [-0.25, -0.2) is 4.79 Å². The maximum Gasteiger partial charge on any atom is 0.327 e. The summed E-state index contributed by atoms with van der Waals surface area (Å²) in [4.78, 5) is 23.1. The van der Waals surface area contributed by atoms with Gasteiger partial charge >= 0.3 is 5.97 Å². The van der Waals surface area contributed by atoms with Crippen molar-refractivity contribution in [2.75, 3.05) is 0 Å². The van der Waals surface area contributed by atoms with Gasteiger partial charge in [0.2, 0.25) is 5.91 Å². The highest BCUT2D eigenvalue weighted by Crippen LogP contribution is 2.31. The highest BCUT2D eigenvalue weighted by Gasteiger charge is 2.38. The van der Waals surface area contributed by atoms with E-state index >= 15 is 0 Å². The normalized spacial score (nSPS) is 13.2. The Morgan fingerprint density at radius 3 is 2.50 bits per heavy atom. The molecule has 0 aliphatic rings. The number of amides is 1. The van der Waals surface area contributed by atoms with Crippen LogP contribution in [0.2, 0.25) is 0 Å². The maximum absolute atomic E-state index is 11.2. The summed E-state index contributed by atoms with van der Waals surface area (Å²) in [5.74, 6) is -1.36. The van der Waals surface area contributed by atoms with E-state index in [-0.39, 0.29) is 5.91 Å². The number of carboxylic acids is 1. The quantitative estimate of drug-likeness (QED) is 0.841. The van der Waals surface area contributed by atoms with Gasteiger partial charge in [-0.3, -0.25) is 4.79 Å². The molecule has 0 spiro atoms. The van der Waals surface area contributed by atoms with Crippen molar-refractivity contribution in [2.45, 2.75) is 32.2 Å². The summed E-state index contributed by atoms with van der Waals surface area (Å²) in [6, 6.07) is 2.83. The molecular weight excluding hydrogens is 226 g/mol. The highest BCUT2D eigenvalue weighted by atomic mass is 32.1. The molecule has 5 heteroatoms. The molecule has 2 N–H and O–H groups in total. The van der Waals surface area contributed by atoms with Gasteiger partial charge in [0.1, 0.15) is 6.04 Å². The third kappa shape index (κ3) is 2.61. The molecular formula is C11H15NO3S. The Balaban J connectivity index is 3.01. The predicted molar refractivity (Wildman–Crippen MR) is 62.6 cm³/mol. The first-order valence-corrected chi connectivity index (χ1v) is 5.77. The van der Waals surface area contributed by atoms with Crippen molar-refractivity contribution in [1.82, 2.24) is 5.32 Å². The second kappa shape index (κ2) is 4.65. The van der Waals surface area contributed by atoms with E-state index in [1.165, 1.54) is 18.3 Å². The summed E-state index contributed by atoms with van der Waals surface area (Å²) in [6.45, 7) is 4.95. The van der Waals surface area contributed by atoms with Crippen LogP contribution in [0.1, 0.15) is 25.6 Å². The van der Waals surface area contributed by atoms with Gasteiger partial charge in [-0.1, -0.05) is 19.9 Å². The van der Waals surface area contributed by atoms with Crippen LogP contribution in [-0.2, 0) is 15.0 Å². The Labute approximate surface area is 98.3 Å². The molecule has 1 aromatic heterocycles. The topological polar surface area (TPSA) is 66.4 Å². The molecule has 88 valence electrons. The Bertz CT molecular complexity index is 384. The van der Waals surface area contributed by atoms with Crippen LogP contribution in [0, 0.1) is 0 Å². The molecule has 1 rings (SSSR count). The minimum Gasteiger partial charge on any atom is -0.480 e. The summed E-state index contributed by atoms with van der Waals surface area (Å²) >= 11 is 1.49. The van der Waals surface area contributed by atoms with Gasteiger partial charge in [0.05, 0.1) is 0 Å². The van der Waals surface area contributed by atoms with Crippen LogP contribution in [0.15, 0.2) is 17.5 Å². The first kappa shape index (κ1) is 12.7. The van der Waals surface area contributed by atoms with Gasteiger partial charge in [-0.15, -0.1) is 11.3 Å². The molecule has 1 unspecified atom stereocenters. The molecule has 1 aromatic rings. The van der Waals surface area contributed by atoms with Crippen molar-refractivity contribution < 1.29 is 14.7 Å². The molecule has 0 bridgehead atoms. The van der Waals surface area contributed by atoms with Gasteiger partial charge < -0.3 is 10.4 Å². The number of nitrogens with one attached hydrogen (secondary N) is 1. The maximum atomic E-state index is 11.2. The van der Waals surface area contributed by atoms with Gasteiger partial charge in [-0.05, 0) is 11.4 Å². The summed E-state index contributed by atoms with van der Waals surface area (Å²) in [7, 11) is 0. The first-order valence-electron chi connectivity index (χ1n) is 4.89. The number of thiophene rings is 1. The Morgan fingerprint density at radius 1 is 1.50 bits per heavy atom. The van der Waals surface area contributed by atoms with Crippen LogP contribution in [0.4, 0.5) is 0 Å². The zero-order valence-electron chi connectivity index (χ0n) is 9.48. The van der Waals surface area contributed by atoms with Crippen molar-refractivity contribution in [3.63, 3.8) is 0 Å². The molecule has 0 radical (unpaired) electrons. The van der Waals surface area contributed by atoms with Crippen molar-refractivity contribution in [3.8, 4) is 0 Å². The van der Waals surface area contributed by atoms with E-state index in [1.54, 1.807) is 0 Å². The van der Waals surface area contributed by atoms with Crippen molar-refractivity contribution in [2.24, 2.45) is 0 Å². The highest BCUT2D eigenvalue weighted by molar-refractivity contribution is 7.10. The molecule has 0 aromatic carbocycles. The van der Waals surface area contributed by atoms with Crippen LogP contribution in [-0.4, -0.2) is 23.0 Å². The standard InChI is InChI=1S/C11H15NO3S/c1-7(13)12-9(10(14)15)11(2,3)8-5-4-6-16-8/h4-6,9H,1-3H3,(H,12,13)(H,14,15).